The van der Waals surface area contributed by atoms with Gasteiger partial charge in [-0.2, -0.15) is 0 Å². The van der Waals surface area contributed by atoms with Crippen LogP contribution < -0.4 is 14.8 Å². The van der Waals surface area contributed by atoms with Crippen LogP contribution in [0.25, 0.3) is 11.3 Å². The zero-order valence-corrected chi connectivity index (χ0v) is 17.2. The summed E-state index contributed by atoms with van der Waals surface area (Å²) in [6, 6.07) is 26.3. The van der Waals surface area contributed by atoms with Gasteiger partial charge in [-0.05, 0) is 47.5 Å². The van der Waals surface area contributed by atoms with Gasteiger partial charge in [0.2, 0.25) is 5.95 Å². The summed E-state index contributed by atoms with van der Waals surface area (Å²) < 4.78 is 13.1. The molecule has 0 aliphatic heterocycles. The predicted octanol–water partition coefficient (Wildman–Crippen LogP) is 5.29. The number of ether oxygens (including phenoxy) is 2. The molecular weight excluding hydrogens is 374 g/mol. The molecule has 0 radical (unpaired) electrons. The van der Waals surface area contributed by atoms with E-state index in [9.17, 15) is 0 Å². The molecule has 0 unspecified atom stereocenters. The molecule has 152 valence electrons. The summed E-state index contributed by atoms with van der Waals surface area (Å²) in [6.07, 6.45) is 1.88. The summed E-state index contributed by atoms with van der Waals surface area (Å²) >= 11 is 0. The van der Waals surface area contributed by atoms with Gasteiger partial charge in [-0.1, -0.05) is 42.5 Å². The van der Waals surface area contributed by atoms with Gasteiger partial charge in [0.05, 0.1) is 19.0 Å². The molecule has 5 nitrogen and oxygen atoms in total. The van der Waals surface area contributed by atoms with Crippen molar-refractivity contribution in [3.63, 3.8) is 0 Å². The van der Waals surface area contributed by atoms with E-state index in [0.717, 1.165) is 39.8 Å². The maximum absolute atomic E-state index is 5.85. The molecule has 0 saturated heterocycles. The number of hydrogen-bond acceptors (Lipinski definition) is 4. The molecule has 4 rings (SSSR count). The molecule has 4 aromatic rings. The average Bonchev–Trinajstić information content (AvgIpc) is 3.18. The fourth-order valence-corrected chi connectivity index (χ4v) is 3.23. The Morgan fingerprint density at radius 1 is 0.833 bits per heavy atom. The number of anilines is 1. The van der Waals surface area contributed by atoms with Crippen molar-refractivity contribution in [2.45, 2.75) is 13.2 Å². The maximum atomic E-state index is 5.85. The van der Waals surface area contributed by atoms with Crippen LogP contribution in [0.1, 0.15) is 11.1 Å². The lowest BCUT2D eigenvalue weighted by Crippen LogP contribution is -2.05. The molecule has 0 atom stereocenters. The van der Waals surface area contributed by atoms with Crippen molar-refractivity contribution < 1.29 is 9.47 Å². The van der Waals surface area contributed by atoms with Crippen LogP contribution in [0.4, 0.5) is 5.95 Å². The van der Waals surface area contributed by atoms with Gasteiger partial charge in [0.15, 0.2) is 0 Å². The van der Waals surface area contributed by atoms with Gasteiger partial charge in [0, 0.05) is 19.2 Å². The third kappa shape index (κ3) is 4.63. The summed E-state index contributed by atoms with van der Waals surface area (Å²) in [6.45, 7) is 1.26. The molecular formula is C25H25N3O2. The highest BCUT2D eigenvalue weighted by Gasteiger charge is 2.08. The normalized spacial score (nSPS) is 10.6. The van der Waals surface area contributed by atoms with Crippen LogP contribution >= 0.6 is 0 Å². The zero-order valence-electron chi connectivity index (χ0n) is 17.2. The van der Waals surface area contributed by atoms with Crippen molar-refractivity contribution in [2.24, 2.45) is 7.05 Å². The molecule has 0 bridgehead atoms. The van der Waals surface area contributed by atoms with Crippen LogP contribution in [0, 0.1) is 0 Å². The maximum Gasteiger partial charge on any atom is 0.203 e. The van der Waals surface area contributed by atoms with Gasteiger partial charge in [-0.15, -0.1) is 0 Å². The summed E-state index contributed by atoms with van der Waals surface area (Å²) in [4.78, 5) is 4.53. The largest absolute Gasteiger partial charge is 0.497 e. The highest BCUT2D eigenvalue weighted by atomic mass is 16.5. The molecule has 0 aliphatic rings. The van der Waals surface area contributed by atoms with Gasteiger partial charge < -0.3 is 19.4 Å². The zero-order chi connectivity index (χ0) is 20.8. The highest BCUT2D eigenvalue weighted by Crippen LogP contribution is 2.24. The van der Waals surface area contributed by atoms with Crippen LogP contribution in [-0.2, 0) is 20.2 Å². The number of nitrogens with one attached hydrogen (secondary N) is 1. The fraction of sp³-hybridized carbons (Fsp3) is 0.160. The Labute approximate surface area is 176 Å². The molecule has 30 heavy (non-hydrogen) atoms. The Kier molecular flexibility index (Phi) is 5.99. The van der Waals surface area contributed by atoms with E-state index in [1.54, 1.807) is 7.11 Å². The molecule has 0 amide bonds. The number of methoxy groups -OCH3 is 1. The number of benzene rings is 3. The third-order valence-corrected chi connectivity index (χ3v) is 5.00. The van der Waals surface area contributed by atoms with E-state index < -0.39 is 0 Å². The molecule has 0 aliphatic carbocycles. The van der Waals surface area contributed by atoms with Crippen LogP contribution in [0.5, 0.6) is 11.5 Å². The number of rotatable bonds is 8. The molecule has 1 aromatic heterocycles. The van der Waals surface area contributed by atoms with Crippen molar-refractivity contribution in [2.75, 3.05) is 12.4 Å². The first kappa shape index (κ1) is 19.6. The first-order valence-electron chi connectivity index (χ1n) is 9.88. The lowest BCUT2D eigenvalue weighted by molar-refractivity contribution is 0.306. The topological polar surface area (TPSA) is 48.3 Å². The number of nitrogens with zero attached hydrogens (tertiary/aromatic N) is 2. The molecule has 3 aromatic carbocycles. The first-order chi connectivity index (χ1) is 14.7. The van der Waals surface area contributed by atoms with Gasteiger partial charge >= 0.3 is 0 Å². The summed E-state index contributed by atoms with van der Waals surface area (Å²) in [7, 11) is 3.68. The minimum atomic E-state index is 0.569. The van der Waals surface area contributed by atoms with E-state index in [0.29, 0.717) is 13.2 Å². The van der Waals surface area contributed by atoms with Crippen LogP contribution in [-0.4, -0.2) is 16.7 Å². The average molecular weight is 399 g/mol. The van der Waals surface area contributed by atoms with Crippen LogP contribution in [0.3, 0.4) is 0 Å². The van der Waals surface area contributed by atoms with Crippen LogP contribution in [0.2, 0.25) is 0 Å². The molecule has 0 spiro atoms. The summed E-state index contributed by atoms with van der Waals surface area (Å²) in [5.74, 6) is 2.53. The molecule has 0 saturated carbocycles. The van der Waals surface area contributed by atoms with Crippen molar-refractivity contribution >= 4 is 5.95 Å². The number of aromatic nitrogens is 2. The SMILES string of the molecule is COc1ccc(-c2cnc(NCc3ccc(OCc4ccccc4)cc3)n2C)cc1. The van der Waals surface area contributed by atoms with Gasteiger partial charge in [-0.3, -0.25) is 0 Å². The van der Waals surface area contributed by atoms with E-state index in [-0.39, 0.29) is 0 Å². The van der Waals surface area contributed by atoms with E-state index in [4.69, 9.17) is 9.47 Å². The van der Waals surface area contributed by atoms with Gasteiger partial charge in [0.1, 0.15) is 18.1 Å². The van der Waals surface area contributed by atoms with Crippen molar-refractivity contribution in [3.8, 4) is 22.8 Å². The summed E-state index contributed by atoms with van der Waals surface area (Å²) in [5.41, 5.74) is 4.46. The fourth-order valence-electron chi connectivity index (χ4n) is 3.23. The van der Waals surface area contributed by atoms with Gasteiger partial charge in [-0.25, -0.2) is 4.98 Å². The lowest BCUT2D eigenvalue weighted by atomic mass is 10.1. The van der Waals surface area contributed by atoms with Gasteiger partial charge in [0.25, 0.3) is 0 Å². The lowest BCUT2D eigenvalue weighted by Gasteiger charge is -2.10. The Balaban J connectivity index is 1.35. The summed E-state index contributed by atoms with van der Waals surface area (Å²) in [5, 5.41) is 3.41. The Hall–Kier alpha value is -3.73. The number of imidazole rings is 1. The van der Waals surface area contributed by atoms with E-state index in [1.165, 1.54) is 0 Å². The van der Waals surface area contributed by atoms with E-state index >= 15 is 0 Å². The molecule has 0 fully saturated rings. The standard InChI is InChI=1S/C25H25N3O2/c1-28-24(21-10-14-22(29-2)15-11-21)17-27-25(28)26-16-19-8-12-23(13-9-19)30-18-20-6-4-3-5-7-20/h3-15,17H,16,18H2,1-2H3,(H,26,27). The first-order valence-corrected chi connectivity index (χ1v) is 9.88. The second kappa shape index (κ2) is 9.18. The predicted molar refractivity (Wildman–Crippen MR) is 120 cm³/mol. The second-order valence-electron chi connectivity index (χ2n) is 7.03. The Morgan fingerprint density at radius 3 is 2.23 bits per heavy atom. The quantitative estimate of drug-likeness (QED) is 0.438. The Bertz CT molecular complexity index is 1070. The van der Waals surface area contributed by atoms with Crippen molar-refractivity contribution in [3.05, 3.63) is 96.2 Å². The monoisotopic (exact) mass is 399 g/mol. The molecule has 5 heteroatoms. The highest BCUT2D eigenvalue weighted by molar-refractivity contribution is 5.62. The van der Waals surface area contributed by atoms with E-state index in [1.807, 2.05) is 67.8 Å². The third-order valence-electron chi connectivity index (χ3n) is 5.00. The smallest absolute Gasteiger partial charge is 0.203 e. The second-order valence-corrected chi connectivity index (χ2v) is 7.03. The minimum Gasteiger partial charge on any atom is -0.497 e. The molecule has 1 heterocycles. The van der Waals surface area contributed by atoms with Crippen molar-refractivity contribution in [1.29, 1.82) is 0 Å². The molecule has 1 N–H and O–H groups in total. The van der Waals surface area contributed by atoms with Crippen molar-refractivity contribution in [1.82, 2.24) is 9.55 Å². The van der Waals surface area contributed by atoms with E-state index in [2.05, 4.69) is 39.1 Å². The Morgan fingerprint density at radius 2 is 1.53 bits per heavy atom. The minimum absolute atomic E-state index is 0.569. The van der Waals surface area contributed by atoms with Crippen LogP contribution in [0.15, 0.2) is 85.1 Å². The number of hydrogen-bond donors (Lipinski definition) is 1.